The zero-order valence-electron chi connectivity index (χ0n) is 19.0. The van der Waals surface area contributed by atoms with Gasteiger partial charge in [-0.25, -0.2) is 8.42 Å². The van der Waals surface area contributed by atoms with Gasteiger partial charge in [0.1, 0.15) is 0 Å². The minimum absolute atomic E-state index is 0.0885. The smallest absolute Gasteiger partial charge is 0.279 e. The van der Waals surface area contributed by atoms with Crippen molar-refractivity contribution in [3.05, 3.63) is 88.2 Å². The normalized spacial score (nSPS) is 12.0. The van der Waals surface area contributed by atoms with Gasteiger partial charge in [-0.3, -0.25) is 9.10 Å². The van der Waals surface area contributed by atoms with Gasteiger partial charge < -0.3 is 4.57 Å². The Morgan fingerprint density at radius 2 is 1.71 bits per heavy atom. The highest BCUT2D eigenvalue weighted by Crippen LogP contribution is 2.23. The number of thiazole rings is 1. The number of hydrogen-bond acceptors (Lipinski definition) is 4. The zero-order valence-corrected chi connectivity index (χ0v) is 20.7. The summed E-state index contributed by atoms with van der Waals surface area (Å²) in [4.78, 5) is 17.8. The first kappa shape index (κ1) is 23.5. The molecule has 0 aliphatic rings. The van der Waals surface area contributed by atoms with Gasteiger partial charge in [-0.15, -0.1) is 6.42 Å². The molecule has 0 saturated heterocycles. The molecule has 0 bridgehead atoms. The largest absolute Gasteiger partial charge is 0.305 e. The van der Waals surface area contributed by atoms with E-state index in [9.17, 15) is 13.2 Å². The van der Waals surface area contributed by atoms with E-state index in [0.29, 0.717) is 16.1 Å². The average molecular weight is 490 g/mol. The van der Waals surface area contributed by atoms with Gasteiger partial charge in [0, 0.05) is 12.6 Å². The van der Waals surface area contributed by atoms with E-state index in [4.69, 9.17) is 6.42 Å². The van der Waals surface area contributed by atoms with Crippen LogP contribution in [0.1, 0.15) is 21.5 Å². The number of amides is 1. The standard InChI is InChI=1S/C26H23N3O3S2/c1-5-15-29-23-16-18(2)19(3)17-24(23)33-26(29)27-25(30)20-11-13-22(14-12-20)34(31,32)28(4)21-9-7-6-8-10-21/h1,6-14,16-17H,15H2,2-4H3. The third kappa shape index (κ3) is 4.40. The first-order valence-electron chi connectivity index (χ1n) is 10.5. The minimum atomic E-state index is -3.77. The molecule has 0 unspecified atom stereocenters. The predicted octanol–water partition coefficient (Wildman–Crippen LogP) is 4.52. The molecule has 1 amide bonds. The highest BCUT2D eigenvalue weighted by atomic mass is 32.2. The maximum absolute atomic E-state index is 13.0. The zero-order chi connectivity index (χ0) is 24.5. The second-order valence-electron chi connectivity index (χ2n) is 7.83. The molecule has 6 nitrogen and oxygen atoms in total. The monoisotopic (exact) mass is 489 g/mol. The van der Waals surface area contributed by atoms with E-state index in [1.165, 1.54) is 47.0 Å². The van der Waals surface area contributed by atoms with Crippen molar-refractivity contribution in [3.63, 3.8) is 0 Å². The fraction of sp³-hybridized carbons (Fsp3) is 0.154. The number of hydrogen-bond donors (Lipinski definition) is 0. The Bertz CT molecular complexity index is 1590. The van der Waals surface area contributed by atoms with Crippen molar-refractivity contribution < 1.29 is 13.2 Å². The molecule has 4 rings (SSSR count). The Hall–Kier alpha value is -3.67. The van der Waals surface area contributed by atoms with E-state index < -0.39 is 15.9 Å². The highest BCUT2D eigenvalue weighted by Gasteiger charge is 2.21. The van der Waals surface area contributed by atoms with Crippen LogP contribution in [0.15, 0.2) is 76.6 Å². The quantitative estimate of drug-likeness (QED) is 0.387. The first-order chi connectivity index (χ1) is 16.2. The maximum atomic E-state index is 13.0. The summed E-state index contributed by atoms with van der Waals surface area (Å²) in [7, 11) is -2.27. The van der Waals surface area contributed by atoms with Gasteiger partial charge in [0.25, 0.3) is 15.9 Å². The van der Waals surface area contributed by atoms with Crippen LogP contribution < -0.4 is 9.11 Å². The number of carbonyl (C=O) groups excluding carboxylic acids is 1. The van der Waals surface area contributed by atoms with Crippen LogP contribution in [0.2, 0.25) is 0 Å². The van der Waals surface area contributed by atoms with E-state index in [1.807, 2.05) is 30.5 Å². The van der Waals surface area contributed by atoms with E-state index >= 15 is 0 Å². The number of rotatable bonds is 5. The Morgan fingerprint density at radius 1 is 1.06 bits per heavy atom. The van der Waals surface area contributed by atoms with Gasteiger partial charge >= 0.3 is 0 Å². The molecule has 0 aliphatic heterocycles. The van der Waals surface area contributed by atoms with Gasteiger partial charge in [0.2, 0.25) is 0 Å². The molecule has 0 spiro atoms. The van der Waals surface area contributed by atoms with Crippen LogP contribution in [0.4, 0.5) is 5.69 Å². The fourth-order valence-electron chi connectivity index (χ4n) is 3.51. The number of anilines is 1. The number of carbonyl (C=O) groups is 1. The maximum Gasteiger partial charge on any atom is 0.279 e. The number of fused-ring (bicyclic) bond motifs is 1. The number of aromatic nitrogens is 1. The molecule has 1 heterocycles. The summed E-state index contributed by atoms with van der Waals surface area (Å²) in [5.41, 5.74) is 4.05. The number of para-hydroxylation sites is 1. The topological polar surface area (TPSA) is 71.7 Å². The summed E-state index contributed by atoms with van der Waals surface area (Å²) in [6.45, 7) is 4.35. The molecule has 0 fully saturated rings. The van der Waals surface area contributed by atoms with E-state index in [-0.39, 0.29) is 11.4 Å². The SMILES string of the molecule is C#CCn1c(=NC(=O)c2ccc(S(=O)(=O)N(C)c3ccccc3)cc2)sc2cc(C)c(C)cc21. The summed E-state index contributed by atoms with van der Waals surface area (Å²) in [5, 5.41) is 0. The van der Waals surface area contributed by atoms with E-state index in [1.54, 1.807) is 24.3 Å². The summed E-state index contributed by atoms with van der Waals surface area (Å²) >= 11 is 1.40. The average Bonchev–Trinajstić information content (AvgIpc) is 3.15. The molecular weight excluding hydrogens is 466 g/mol. The first-order valence-corrected chi connectivity index (χ1v) is 12.7. The summed E-state index contributed by atoms with van der Waals surface area (Å²) in [6, 6.07) is 18.7. The molecule has 0 aliphatic carbocycles. The van der Waals surface area contributed by atoms with Crippen molar-refractivity contribution in [2.24, 2.45) is 4.99 Å². The van der Waals surface area contributed by atoms with Gasteiger partial charge in [0.15, 0.2) is 4.80 Å². The molecule has 8 heteroatoms. The van der Waals surface area contributed by atoms with Crippen molar-refractivity contribution >= 4 is 43.2 Å². The molecular formula is C26H23N3O3S2. The molecule has 3 aromatic carbocycles. The predicted molar refractivity (Wildman–Crippen MR) is 136 cm³/mol. The summed E-state index contributed by atoms with van der Waals surface area (Å²) in [5.74, 6) is 2.16. The van der Waals surface area contributed by atoms with Crippen molar-refractivity contribution in [2.45, 2.75) is 25.3 Å². The van der Waals surface area contributed by atoms with Crippen LogP contribution >= 0.6 is 11.3 Å². The molecule has 0 atom stereocenters. The fourth-order valence-corrected chi connectivity index (χ4v) is 5.81. The van der Waals surface area contributed by atoms with E-state index in [0.717, 1.165) is 21.3 Å². The summed E-state index contributed by atoms with van der Waals surface area (Å²) in [6.07, 6.45) is 5.56. The Balaban J connectivity index is 1.68. The van der Waals surface area contributed by atoms with E-state index in [2.05, 4.69) is 17.0 Å². The lowest BCUT2D eigenvalue weighted by molar-refractivity contribution is 0.0998. The number of nitrogens with zero attached hydrogens (tertiary/aromatic N) is 3. The molecule has 1 aromatic heterocycles. The lowest BCUT2D eigenvalue weighted by Crippen LogP contribution is -2.26. The van der Waals surface area contributed by atoms with Crippen LogP contribution in [-0.4, -0.2) is 25.9 Å². The number of sulfonamides is 1. The van der Waals surface area contributed by atoms with Crippen LogP contribution in [0.25, 0.3) is 10.2 Å². The third-order valence-corrected chi connectivity index (χ3v) is 8.47. The molecule has 0 N–H and O–H groups in total. The molecule has 0 radical (unpaired) electrons. The number of benzene rings is 3. The molecule has 4 aromatic rings. The van der Waals surface area contributed by atoms with Gasteiger partial charge in [-0.05, 0) is 73.5 Å². The molecule has 34 heavy (non-hydrogen) atoms. The van der Waals surface area contributed by atoms with Crippen LogP contribution in [0, 0.1) is 26.2 Å². The van der Waals surface area contributed by atoms with Gasteiger partial charge in [-0.2, -0.15) is 4.99 Å². The van der Waals surface area contributed by atoms with Crippen LogP contribution in [0.5, 0.6) is 0 Å². The number of aryl methyl sites for hydroxylation is 2. The molecule has 0 saturated carbocycles. The van der Waals surface area contributed by atoms with Gasteiger partial charge in [-0.1, -0.05) is 35.5 Å². The van der Waals surface area contributed by atoms with Crippen LogP contribution in [-0.2, 0) is 16.6 Å². The lowest BCUT2D eigenvalue weighted by Gasteiger charge is -2.19. The van der Waals surface area contributed by atoms with Crippen molar-refractivity contribution in [2.75, 3.05) is 11.4 Å². The lowest BCUT2D eigenvalue weighted by atomic mass is 10.1. The van der Waals surface area contributed by atoms with Crippen LogP contribution in [0.3, 0.4) is 0 Å². The third-order valence-electron chi connectivity index (χ3n) is 5.62. The van der Waals surface area contributed by atoms with Crippen molar-refractivity contribution in [1.82, 2.24) is 4.57 Å². The Labute approximate surface area is 202 Å². The Morgan fingerprint density at radius 3 is 2.35 bits per heavy atom. The Kier molecular flexibility index (Phi) is 6.42. The van der Waals surface area contributed by atoms with Crippen molar-refractivity contribution in [3.8, 4) is 12.3 Å². The minimum Gasteiger partial charge on any atom is -0.305 e. The van der Waals surface area contributed by atoms with Gasteiger partial charge in [0.05, 0.1) is 27.3 Å². The second-order valence-corrected chi connectivity index (χ2v) is 10.8. The summed E-state index contributed by atoms with van der Waals surface area (Å²) < 4.78 is 30.0. The van der Waals surface area contributed by atoms with Crippen molar-refractivity contribution in [1.29, 1.82) is 0 Å². The highest BCUT2D eigenvalue weighted by molar-refractivity contribution is 7.92. The number of terminal acetylenes is 1. The molecule has 172 valence electrons. The second kappa shape index (κ2) is 9.29.